The van der Waals surface area contributed by atoms with Crippen molar-refractivity contribution >= 4 is 11.8 Å². The molecule has 2 N–H and O–H groups in total. The second-order valence-corrected chi connectivity index (χ2v) is 10.8. The Balaban J connectivity index is 1.87. The van der Waals surface area contributed by atoms with E-state index in [9.17, 15) is 19.8 Å². The Labute approximate surface area is 175 Å². The van der Waals surface area contributed by atoms with Crippen LogP contribution in [0.5, 0.6) is 0 Å². The smallest absolute Gasteiger partial charge is 0.230 e. The zero-order valence-electron chi connectivity index (χ0n) is 19.1. The summed E-state index contributed by atoms with van der Waals surface area (Å²) in [6.07, 6.45) is 2.29. The number of likely N-dealkylation sites (tertiary alicyclic amines) is 2. The molecule has 0 saturated carbocycles. The van der Waals surface area contributed by atoms with Gasteiger partial charge in [-0.15, -0.1) is 0 Å². The van der Waals surface area contributed by atoms with Gasteiger partial charge in [-0.05, 0) is 46.5 Å². The fourth-order valence-electron chi connectivity index (χ4n) is 3.93. The topological polar surface area (TPSA) is 90.3 Å². The van der Waals surface area contributed by atoms with Crippen LogP contribution in [0, 0.1) is 10.8 Å². The van der Waals surface area contributed by atoms with Crippen LogP contribution in [0.2, 0.25) is 0 Å². The molecular weight excluding hydrogens is 372 g/mol. The average Bonchev–Trinajstić information content (AvgIpc) is 2.66. The number of aliphatic hydroxyl groups excluding tert-OH is 1. The number of carbonyl (C=O) groups is 2. The highest BCUT2D eigenvalue weighted by Crippen LogP contribution is 2.32. The van der Waals surface area contributed by atoms with Gasteiger partial charge in [0, 0.05) is 31.6 Å². The first-order valence-electron chi connectivity index (χ1n) is 10.8. The van der Waals surface area contributed by atoms with Crippen LogP contribution >= 0.6 is 0 Å². The normalized spacial score (nSPS) is 22.5. The van der Waals surface area contributed by atoms with E-state index in [2.05, 4.69) is 6.92 Å². The third-order valence-electron chi connectivity index (χ3n) is 6.39. The molecule has 2 fully saturated rings. The first-order chi connectivity index (χ1) is 13.2. The zero-order valence-corrected chi connectivity index (χ0v) is 19.1. The van der Waals surface area contributed by atoms with Crippen molar-refractivity contribution in [3.05, 3.63) is 0 Å². The highest BCUT2D eigenvalue weighted by molar-refractivity contribution is 5.82. The van der Waals surface area contributed by atoms with E-state index < -0.39 is 11.0 Å². The Bertz CT molecular complexity index is 595. The van der Waals surface area contributed by atoms with Crippen LogP contribution in [0.3, 0.4) is 0 Å². The van der Waals surface area contributed by atoms with Gasteiger partial charge in [0.25, 0.3) is 0 Å². The molecule has 0 atom stereocenters. The van der Waals surface area contributed by atoms with Gasteiger partial charge in [0.15, 0.2) is 0 Å². The van der Waals surface area contributed by atoms with Crippen molar-refractivity contribution in [2.75, 3.05) is 39.4 Å². The standard InChI is InChI=1S/C22H40N2O5/c1-19(2,3)17(26)23-11-7-21(6,8-12-23)29-16-20(4,5)18(27)24-13-9-22(28,15-25)10-14-24/h25,28H,7-16H2,1-6H3. The summed E-state index contributed by atoms with van der Waals surface area (Å²) < 4.78 is 6.25. The van der Waals surface area contributed by atoms with E-state index in [1.165, 1.54) is 0 Å². The molecule has 0 aliphatic carbocycles. The minimum atomic E-state index is -1.07. The van der Waals surface area contributed by atoms with Gasteiger partial charge in [0.05, 0.1) is 29.8 Å². The van der Waals surface area contributed by atoms with Gasteiger partial charge in [-0.1, -0.05) is 20.8 Å². The van der Waals surface area contributed by atoms with Crippen molar-refractivity contribution in [2.24, 2.45) is 10.8 Å². The lowest BCUT2D eigenvalue weighted by molar-refractivity contribution is -0.158. The molecule has 2 saturated heterocycles. The fraction of sp³-hybridized carbons (Fsp3) is 0.909. The minimum absolute atomic E-state index is 0.0152. The molecule has 2 amide bonds. The summed E-state index contributed by atoms with van der Waals surface area (Å²) in [6.45, 7) is 14.0. The summed E-state index contributed by atoms with van der Waals surface area (Å²) in [6, 6.07) is 0. The molecule has 0 bridgehead atoms. The van der Waals surface area contributed by atoms with E-state index in [0.29, 0.717) is 45.6 Å². The van der Waals surface area contributed by atoms with E-state index in [0.717, 1.165) is 12.8 Å². The third-order valence-corrected chi connectivity index (χ3v) is 6.39. The third kappa shape index (κ3) is 5.92. The van der Waals surface area contributed by atoms with E-state index in [4.69, 9.17) is 4.74 Å². The molecular formula is C22H40N2O5. The number of rotatable bonds is 5. The Morgan fingerprint density at radius 1 is 0.897 bits per heavy atom. The van der Waals surface area contributed by atoms with Gasteiger partial charge in [0.2, 0.25) is 11.8 Å². The molecule has 2 rings (SSSR count). The molecule has 0 aromatic heterocycles. The Morgan fingerprint density at radius 2 is 1.34 bits per heavy atom. The average molecular weight is 413 g/mol. The summed E-state index contributed by atoms with van der Waals surface area (Å²) in [5.41, 5.74) is -2.45. The van der Waals surface area contributed by atoms with E-state index in [-0.39, 0.29) is 29.4 Å². The number of ether oxygens (including phenoxy) is 1. The van der Waals surface area contributed by atoms with E-state index in [1.807, 2.05) is 39.5 Å². The second kappa shape index (κ2) is 8.52. The molecule has 7 heteroatoms. The highest BCUT2D eigenvalue weighted by Gasteiger charge is 2.41. The molecule has 0 unspecified atom stereocenters. The molecule has 168 valence electrons. The molecule has 2 aliphatic heterocycles. The van der Waals surface area contributed by atoms with Gasteiger partial charge in [-0.25, -0.2) is 0 Å². The number of hydrogen-bond acceptors (Lipinski definition) is 5. The van der Waals surface area contributed by atoms with Crippen molar-refractivity contribution in [1.29, 1.82) is 0 Å². The highest BCUT2D eigenvalue weighted by atomic mass is 16.5. The van der Waals surface area contributed by atoms with Crippen LogP contribution in [0.25, 0.3) is 0 Å². The van der Waals surface area contributed by atoms with E-state index >= 15 is 0 Å². The van der Waals surface area contributed by atoms with Crippen LogP contribution in [-0.2, 0) is 14.3 Å². The lowest BCUT2D eigenvalue weighted by atomic mass is 9.87. The molecule has 29 heavy (non-hydrogen) atoms. The maximum Gasteiger partial charge on any atom is 0.230 e. The Kier molecular flexibility index (Phi) is 7.08. The van der Waals surface area contributed by atoms with Crippen molar-refractivity contribution in [1.82, 2.24) is 9.80 Å². The van der Waals surface area contributed by atoms with Gasteiger partial charge < -0.3 is 24.7 Å². The predicted octanol–water partition coefficient (Wildman–Crippen LogP) is 1.80. The predicted molar refractivity (Wildman–Crippen MR) is 111 cm³/mol. The summed E-state index contributed by atoms with van der Waals surface area (Å²) in [5, 5.41) is 19.5. The van der Waals surface area contributed by atoms with Crippen molar-refractivity contribution in [3.8, 4) is 0 Å². The SMILES string of the molecule is CC1(OCC(C)(C)C(=O)N2CCC(O)(CO)CC2)CCN(C(=O)C(C)(C)C)CC1. The Morgan fingerprint density at radius 3 is 1.79 bits per heavy atom. The van der Waals surface area contributed by atoms with Crippen LogP contribution in [-0.4, -0.2) is 82.4 Å². The maximum atomic E-state index is 13.0. The first kappa shape index (κ1) is 24.1. The molecule has 0 aromatic rings. The summed E-state index contributed by atoms with van der Waals surface area (Å²) >= 11 is 0. The molecule has 0 radical (unpaired) electrons. The number of aliphatic hydroxyl groups is 2. The number of hydrogen-bond donors (Lipinski definition) is 2. The Hall–Kier alpha value is -1.18. The van der Waals surface area contributed by atoms with Crippen LogP contribution in [0.15, 0.2) is 0 Å². The molecule has 7 nitrogen and oxygen atoms in total. The molecule has 0 spiro atoms. The largest absolute Gasteiger partial charge is 0.393 e. The second-order valence-electron chi connectivity index (χ2n) is 10.8. The lowest BCUT2D eigenvalue weighted by Crippen LogP contribution is -2.53. The summed E-state index contributed by atoms with van der Waals surface area (Å²) in [5.74, 6) is 0.185. The number of amides is 2. The van der Waals surface area contributed by atoms with Crippen LogP contribution in [0.1, 0.15) is 67.2 Å². The number of carbonyl (C=O) groups excluding carboxylic acids is 2. The van der Waals surface area contributed by atoms with Crippen molar-refractivity contribution < 1.29 is 24.5 Å². The van der Waals surface area contributed by atoms with Gasteiger partial charge in [0.1, 0.15) is 0 Å². The van der Waals surface area contributed by atoms with Crippen molar-refractivity contribution in [2.45, 2.75) is 78.4 Å². The van der Waals surface area contributed by atoms with E-state index in [1.54, 1.807) is 4.90 Å². The molecule has 0 aromatic carbocycles. The van der Waals surface area contributed by atoms with Crippen LogP contribution < -0.4 is 0 Å². The van der Waals surface area contributed by atoms with Gasteiger partial charge in [-0.2, -0.15) is 0 Å². The molecule has 2 heterocycles. The zero-order chi connectivity index (χ0) is 22.1. The van der Waals surface area contributed by atoms with Crippen LogP contribution in [0.4, 0.5) is 0 Å². The fourth-order valence-corrected chi connectivity index (χ4v) is 3.93. The van der Waals surface area contributed by atoms with Gasteiger partial charge >= 0.3 is 0 Å². The summed E-state index contributed by atoms with van der Waals surface area (Å²) in [7, 11) is 0. The monoisotopic (exact) mass is 412 g/mol. The maximum absolute atomic E-state index is 13.0. The minimum Gasteiger partial charge on any atom is -0.393 e. The summed E-state index contributed by atoms with van der Waals surface area (Å²) in [4.78, 5) is 29.2. The number of nitrogens with zero attached hydrogens (tertiary/aromatic N) is 2. The lowest BCUT2D eigenvalue weighted by Gasteiger charge is -2.43. The molecule has 2 aliphatic rings. The number of piperidine rings is 2. The van der Waals surface area contributed by atoms with Crippen molar-refractivity contribution in [3.63, 3.8) is 0 Å². The van der Waals surface area contributed by atoms with Gasteiger partial charge in [-0.3, -0.25) is 9.59 Å². The quantitative estimate of drug-likeness (QED) is 0.719. The first-order valence-corrected chi connectivity index (χ1v) is 10.8.